The summed E-state index contributed by atoms with van der Waals surface area (Å²) < 4.78 is 15.7. The standard InChI is InChI=1S/C13H16N2O5/c16-15(17)11-6-13-12(19-8-20-13)5-10(11)14-7-9-1-3-18-4-2-9/h5-6,9,14H,1-4,7-8H2. The van der Waals surface area contributed by atoms with Crippen molar-refractivity contribution in [2.75, 3.05) is 31.9 Å². The number of nitrogens with zero attached hydrogens (tertiary/aromatic N) is 1. The normalized spacial score (nSPS) is 18.0. The van der Waals surface area contributed by atoms with Crippen molar-refractivity contribution >= 4 is 11.4 Å². The molecule has 20 heavy (non-hydrogen) atoms. The SMILES string of the molecule is O=[N+]([O-])c1cc2c(cc1NCC1CCOCC1)OCO2. The molecule has 3 rings (SSSR count). The van der Waals surface area contributed by atoms with Gasteiger partial charge in [0.05, 0.1) is 11.0 Å². The van der Waals surface area contributed by atoms with Crippen LogP contribution in [0.5, 0.6) is 11.5 Å². The molecule has 2 heterocycles. The van der Waals surface area contributed by atoms with E-state index in [0.717, 1.165) is 26.1 Å². The number of ether oxygens (including phenoxy) is 3. The van der Waals surface area contributed by atoms with Gasteiger partial charge >= 0.3 is 0 Å². The first kappa shape index (κ1) is 13.0. The average molecular weight is 280 g/mol. The Morgan fingerprint density at radius 3 is 2.65 bits per heavy atom. The Balaban J connectivity index is 1.75. The number of rotatable bonds is 4. The minimum absolute atomic E-state index is 0.0151. The number of nitrogens with one attached hydrogen (secondary N) is 1. The molecule has 0 amide bonds. The van der Waals surface area contributed by atoms with Gasteiger partial charge in [-0.3, -0.25) is 10.1 Å². The topological polar surface area (TPSA) is 82.9 Å². The number of fused-ring (bicyclic) bond motifs is 1. The summed E-state index contributed by atoms with van der Waals surface area (Å²) in [6, 6.07) is 3.05. The van der Waals surface area contributed by atoms with E-state index in [9.17, 15) is 10.1 Å². The smallest absolute Gasteiger partial charge is 0.296 e. The van der Waals surface area contributed by atoms with Gasteiger partial charge in [-0.05, 0) is 18.8 Å². The van der Waals surface area contributed by atoms with Gasteiger partial charge in [-0.15, -0.1) is 0 Å². The molecule has 0 radical (unpaired) electrons. The van der Waals surface area contributed by atoms with E-state index in [4.69, 9.17) is 14.2 Å². The van der Waals surface area contributed by atoms with Crippen molar-refractivity contribution in [2.24, 2.45) is 5.92 Å². The van der Waals surface area contributed by atoms with Crippen molar-refractivity contribution < 1.29 is 19.1 Å². The number of hydrogen-bond acceptors (Lipinski definition) is 6. The third-order valence-corrected chi connectivity index (χ3v) is 3.61. The van der Waals surface area contributed by atoms with Crippen LogP contribution in [0.1, 0.15) is 12.8 Å². The van der Waals surface area contributed by atoms with Crippen LogP contribution in [0.4, 0.5) is 11.4 Å². The largest absolute Gasteiger partial charge is 0.454 e. The molecule has 0 saturated carbocycles. The highest BCUT2D eigenvalue weighted by molar-refractivity contribution is 5.68. The number of nitro benzene ring substituents is 1. The Morgan fingerprint density at radius 2 is 1.95 bits per heavy atom. The van der Waals surface area contributed by atoms with Gasteiger partial charge in [0.25, 0.3) is 5.69 Å². The lowest BCUT2D eigenvalue weighted by Crippen LogP contribution is -2.22. The molecule has 7 nitrogen and oxygen atoms in total. The Labute approximate surface area is 116 Å². The van der Waals surface area contributed by atoms with Crippen LogP contribution in [0.3, 0.4) is 0 Å². The van der Waals surface area contributed by atoms with E-state index in [1.54, 1.807) is 6.07 Å². The maximum Gasteiger partial charge on any atom is 0.296 e. The first-order valence-corrected chi connectivity index (χ1v) is 6.63. The summed E-state index contributed by atoms with van der Waals surface area (Å²) in [4.78, 5) is 10.7. The summed E-state index contributed by atoms with van der Waals surface area (Å²) in [7, 11) is 0. The lowest BCUT2D eigenvalue weighted by molar-refractivity contribution is -0.384. The molecule has 0 spiro atoms. The summed E-state index contributed by atoms with van der Waals surface area (Å²) >= 11 is 0. The molecule has 1 fully saturated rings. The molecule has 0 aliphatic carbocycles. The molecular formula is C13H16N2O5. The van der Waals surface area contributed by atoms with Crippen molar-refractivity contribution in [3.05, 3.63) is 22.2 Å². The van der Waals surface area contributed by atoms with E-state index in [0.29, 0.717) is 29.6 Å². The second-order valence-electron chi connectivity index (χ2n) is 4.92. The van der Waals surface area contributed by atoms with Gasteiger partial charge in [0, 0.05) is 25.8 Å². The molecule has 1 N–H and O–H groups in total. The van der Waals surface area contributed by atoms with Crippen LogP contribution >= 0.6 is 0 Å². The van der Waals surface area contributed by atoms with Crippen LogP contribution in [0.25, 0.3) is 0 Å². The number of benzene rings is 1. The fraction of sp³-hybridized carbons (Fsp3) is 0.538. The molecule has 0 unspecified atom stereocenters. The van der Waals surface area contributed by atoms with Gasteiger partial charge in [-0.2, -0.15) is 0 Å². The Morgan fingerprint density at radius 1 is 1.25 bits per heavy atom. The molecule has 2 aliphatic heterocycles. The zero-order valence-corrected chi connectivity index (χ0v) is 11.0. The molecule has 1 aromatic rings. The minimum atomic E-state index is -0.408. The summed E-state index contributed by atoms with van der Waals surface area (Å²) in [5.41, 5.74) is 0.493. The van der Waals surface area contributed by atoms with Gasteiger partial charge in [-0.25, -0.2) is 0 Å². The first-order valence-electron chi connectivity index (χ1n) is 6.63. The van der Waals surface area contributed by atoms with Crippen molar-refractivity contribution in [3.8, 4) is 11.5 Å². The van der Waals surface area contributed by atoms with Crippen molar-refractivity contribution in [1.29, 1.82) is 0 Å². The third-order valence-electron chi connectivity index (χ3n) is 3.61. The monoisotopic (exact) mass is 280 g/mol. The number of nitro groups is 1. The van der Waals surface area contributed by atoms with Gasteiger partial charge in [0.15, 0.2) is 11.5 Å². The summed E-state index contributed by atoms with van der Waals surface area (Å²) in [5.74, 6) is 1.45. The first-order chi connectivity index (χ1) is 9.74. The highest BCUT2D eigenvalue weighted by atomic mass is 16.7. The molecule has 108 valence electrons. The van der Waals surface area contributed by atoms with Crippen LogP contribution in [0.2, 0.25) is 0 Å². The van der Waals surface area contributed by atoms with Crippen LogP contribution in [-0.2, 0) is 4.74 Å². The van der Waals surface area contributed by atoms with E-state index in [1.165, 1.54) is 6.07 Å². The highest BCUT2D eigenvalue weighted by Crippen LogP contribution is 2.40. The highest BCUT2D eigenvalue weighted by Gasteiger charge is 2.24. The van der Waals surface area contributed by atoms with Crippen LogP contribution < -0.4 is 14.8 Å². The van der Waals surface area contributed by atoms with Crippen molar-refractivity contribution in [2.45, 2.75) is 12.8 Å². The number of anilines is 1. The maximum absolute atomic E-state index is 11.1. The average Bonchev–Trinajstić information content (AvgIpc) is 2.92. The van der Waals surface area contributed by atoms with Crippen molar-refractivity contribution in [1.82, 2.24) is 0 Å². The Kier molecular flexibility index (Phi) is 3.60. The van der Waals surface area contributed by atoms with E-state index >= 15 is 0 Å². The number of hydrogen-bond donors (Lipinski definition) is 1. The van der Waals surface area contributed by atoms with Crippen LogP contribution in [-0.4, -0.2) is 31.5 Å². The summed E-state index contributed by atoms with van der Waals surface area (Å²) in [6.07, 6.45) is 1.96. The zero-order chi connectivity index (χ0) is 13.9. The molecular weight excluding hydrogens is 264 g/mol. The minimum Gasteiger partial charge on any atom is -0.454 e. The van der Waals surface area contributed by atoms with E-state index in [2.05, 4.69) is 5.32 Å². The molecule has 0 bridgehead atoms. The fourth-order valence-corrected chi connectivity index (χ4v) is 2.43. The molecule has 1 saturated heterocycles. The van der Waals surface area contributed by atoms with Gasteiger partial charge in [0.1, 0.15) is 5.69 Å². The van der Waals surface area contributed by atoms with E-state index in [1.807, 2.05) is 0 Å². The lowest BCUT2D eigenvalue weighted by atomic mass is 10.0. The molecule has 2 aliphatic rings. The van der Waals surface area contributed by atoms with E-state index < -0.39 is 4.92 Å². The van der Waals surface area contributed by atoms with Gasteiger partial charge in [0.2, 0.25) is 6.79 Å². The Hall–Kier alpha value is -2.02. The van der Waals surface area contributed by atoms with Gasteiger partial charge in [-0.1, -0.05) is 0 Å². The second kappa shape index (κ2) is 5.54. The van der Waals surface area contributed by atoms with E-state index in [-0.39, 0.29) is 12.5 Å². The zero-order valence-electron chi connectivity index (χ0n) is 11.0. The quantitative estimate of drug-likeness (QED) is 0.672. The second-order valence-corrected chi connectivity index (χ2v) is 4.92. The van der Waals surface area contributed by atoms with Gasteiger partial charge < -0.3 is 19.5 Å². The predicted molar refractivity (Wildman–Crippen MR) is 71.3 cm³/mol. The predicted octanol–water partition coefficient (Wildman–Crippen LogP) is 2.16. The maximum atomic E-state index is 11.1. The molecule has 7 heteroatoms. The molecule has 1 aromatic carbocycles. The third kappa shape index (κ3) is 2.62. The van der Waals surface area contributed by atoms with Crippen LogP contribution in [0.15, 0.2) is 12.1 Å². The van der Waals surface area contributed by atoms with Crippen molar-refractivity contribution in [3.63, 3.8) is 0 Å². The van der Waals surface area contributed by atoms with Crippen LogP contribution in [0, 0.1) is 16.0 Å². The summed E-state index contributed by atoms with van der Waals surface area (Å²) in [6.45, 7) is 2.32. The fourth-order valence-electron chi connectivity index (χ4n) is 2.43. The summed E-state index contributed by atoms with van der Waals surface area (Å²) in [5, 5.41) is 14.3. The molecule has 0 atom stereocenters. The lowest BCUT2D eigenvalue weighted by Gasteiger charge is -2.22. The molecule has 0 aromatic heterocycles. The Bertz CT molecular complexity index is 514.